The van der Waals surface area contributed by atoms with Crippen LogP contribution in [0, 0.1) is 5.92 Å². The van der Waals surface area contributed by atoms with Crippen molar-refractivity contribution in [3.63, 3.8) is 0 Å². The lowest BCUT2D eigenvalue weighted by atomic mass is 10.2. The van der Waals surface area contributed by atoms with E-state index in [4.69, 9.17) is 9.47 Å². The van der Waals surface area contributed by atoms with Crippen LogP contribution in [0.3, 0.4) is 0 Å². The Kier molecular flexibility index (Phi) is 4.15. The fourth-order valence-electron chi connectivity index (χ4n) is 1.06. The van der Waals surface area contributed by atoms with Crippen molar-refractivity contribution in [2.75, 3.05) is 13.2 Å². The van der Waals surface area contributed by atoms with E-state index in [9.17, 15) is 9.59 Å². The van der Waals surface area contributed by atoms with Gasteiger partial charge >= 0.3 is 12.1 Å². The molecule has 0 bridgehead atoms. The van der Waals surface area contributed by atoms with Crippen molar-refractivity contribution in [2.45, 2.75) is 39.2 Å². The normalized spacial score (nSPS) is 15.4. The maximum absolute atomic E-state index is 11.2. The number of esters is 1. The Hall–Kier alpha value is -1.26. The van der Waals surface area contributed by atoms with E-state index in [1.54, 1.807) is 20.8 Å². The van der Waals surface area contributed by atoms with Gasteiger partial charge in [-0.1, -0.05) is 0 Å². The summed E-state index contributed by atoms with van der Waals surface area (Å²) in [6, 6.07) is 0. The number of amides is 1. The van der Waals surface area contributed by atoms with Gasteiger partial charge in [0.25, 0.3) is 0 Å². The summed E-state index contributed by atoms with van der Waals surface area (Å²) in [7, 11) is 0. The van der Waals surface area contributed by atoms with Crippen molar-refractivity contribution in [3.05, 3.63) is 0 Å². The molecule has 1 rings (SSSR count). The van der Waals surface area contributed by atoms with Crippen LogP contribution in [-0.4, -0.2) is 30.8 Å². The third-order valence-electron chi connectivity index (χ3n) is 1.93. The minimum atomic E-state index is -0.505. The summed E-state index contributed by atoms with van der Waals surface area (Å²) < 4.78 is 9.95. The SMILES string of the molecule is CC(C)(C)OC(=O)NCCOC(=O)C1CC1. The largest absolute Gasteiger partial charge is 0.464 e. The first kappa shape index (κ1) is 12.8. The first-order valence-electron chi connectivity index (χ1n) is 5.52. The van der Waals surface area contributed by atoms with Crippen molar-refractivity contribution in [1.82, 2.24) is 5.32 Å². The van der Waals surface area contributed by atoms with Gasteiger partial charge in [0, 0.05) is 0 Å². The molecular formula is C11H19NO4. The summed E-state index contributed by atoms with van der Waals surface area (Å²) in [5, 5.41) is 2.52. The van der Waals surface area contributed by atoms with Crippen LogP contribution in [-0.2, 0) is 14.3 Å². The van der Waals surface area contributed by atoms with Crippen LogP contribution in [0.15, 0.2) is 0 Å². The van der Waals surface area contributed by atoms with E-state index in [2.05, 4.69) is 5.32 Å². The minimum absolute atomic E-state index is 0.0986. The topological polar surface area (TPSA) is 64.6 Å². The summed E-state index contributed by atoms with van der Waals surface area (Å²) >= 11 is 0. The lowest BCUT2D eigenvalue weighted by Gasteiger charge is -2.19. The predicted molar refractivity (Wildman–Crippen MR) is 57.9 cm³/mol. The van der Waals surface area contributed by atoms with Gasteiger partial charge in [-0.3, -0.25) is 4.79 Å². The van der Waals surface area contributed by atoms with Crippen molar-refractivity contribution in [3.8, 4) is 0 Å². The van der Waals surface area contributed by atoms with Crippen molar-refractivity contribution in [1.29, 1.82) is 0 Å². The van der Waals surface area contributed by atoms with Gasteiger partial charge in [0.15, 0.2) is 0 Å². The molecule has 1 saturated carbocycles. The average Bonchev–Trinajstić information content (AvgIpc) is 2.91. The molecular weight excluding hydrogens is 210 g/mol. The second-order valence-electron chi connectivity index (χ2n) is 4.87. The average molecular weight is 229 g/mol. The third-order valence-corrected chi connectivity index (χ3v) is 1.93. The summed E-state index contributed by atoms with van der Waals surface area (Å²) in [5.74, 6) is -0.0625. The molecule has 1 fully saturated rings. The van der Waals surface area contributed by atoms with Gasteiger partial charge in [0.05, 0.1) is 12.5 Å². The molecule has 1 aliphatic carbocycles. The molecule has 0 aromatic rings. The zero-order valence-corrected chi connectivity index (χ0v) is 10.0. The van der Waals surface area contributed by atoms with Crippen LogP contribution >= 0.6 is 0 Å². The van der Waals surface area contributed by atoms with Gasteiger partial charge < -0.3 is 14.8 Å². The molecule has 0 unspecified atom stereocenters. The van der Waals surface area contributed by atoms with Crippen molar-refractivity contribution >= 4 is 12.1 Å². The zero-order valence-electron chi connectivity index (χ0n) is 10.0. The molecule has 5 heteroatoms. The van der Waals surface area contributed by atoms with Gasteiger partial charge in [0.1, 0.15) is 12.2 Å². The molecule has 0 saturated heterocycles. The van der Waals surface area contributed by atoms with Crippen LogP contribution in [0.4, 0.5) is 4.79 Å². The Bertz CT molecular complexity index is 266. The van der Waals surface area contributed by atoms with Gasteiger partial charge in [-0.2, -0.15) is 0 Å². The molecule has 0 atom stereocenters. The number of hydrogen-bond donors (Lipinski definition) is 1. The molecule has 0 heterocycles. The molecule has 0 aliphatic heterocycles. The molecule has 0 aromatic heterocycles. The molecule has 1 amide bonds. The molecule has 0 aromatic carbocycles. The fourth-order valence-corrected chi connectivity index (χ4v) is 1.06. The molecule has 0 spiro atoms. The van der Waals surface area contributed by atoms with Crippen LogP contribution in [0.1, 0.15) is 33.6 Å². The summed E-state index contributed by atoms with van der Waals surface area (Å²) in [5.41, 5.74) is -0.505. The highest BCUT2D eigenvalue weighted by Gasteiger charge is 2.31. The molecule has 92 valence electrons. The molecule has 5 nitrogen and oxygen atoms in total. The smallest absolute Gasteiger partial charge is 0.407 e. The molecule has 16 heavy (non-hydrogen) atoms. The Morgan fingerprint density at radius 3 is 2.44 bits per heavy atom. The number of hydrogen-bond acceptors (Lipinski definition) is 4. The van der Waals surface area contributed by atoms with E-state index in [1.807, 2.05) is 0 Å². The number of carbonyl (C=O) groups excluding carboxylic acids is 2. The Balaban J connectivity index is 2.02. The summed E-state index contributed by atoms with van der Waals surface area (Å²) in [6.07, 6.45) is 1.37. The summed E-state index contributed by atoms with van der Waals surface area (Å²) in [4.78, 5) is 22.3. The Labute approximate surface area is 95.5 Å². The predicted octanol–water partition coefficient (Wildman–Crippen LogP) is 1.46. The van der Waals surface area contributed by atoms with Crippen LogP contribution < -0.4 is 5.32 Å². The number of rotatable bonds is 4. The van der Waals surface area contributed by atoms with E-state index in [0.29, 0.717) is 0 Å². The Morgan fingerprint density at radius 1 is 1.31 bits per heavy atom. The van der Waals surface area contributed by atoms with E-state index >= 15 is 0 Å². The number of alkyl carbamates (subject to hydrolysis) is 1. The van der Waals surface area contributed by atoms with Crippen LogP contribution in [0.25, 0.3) is 0 Å². The number of nitrogens with one attached hydrogen (secondary N) is 1. The molecule has 1 N–H and O–H groups in total. The van der Waals surface area contributed by atoms with Gasteiger partial charge in [-0.15, -0.1) is 0 Å². The fraction of sp³-hybridized carbons (Fsp3) is 0.818. The van der Waals surface area contributed by atoms with E-state index in [1.165, 1.54) is 0 Å². The lowest BCUT2D eigenvalue weighted by molar-refractivity contribution is -0.145. The maximum atomic E-state index is 11.2. The number of carbonyl (C=O) groups is 2. The third kappa shape index (κ3) is 5.58. The first-order chi connectivity index (χ1) is 7.38. The van der Waals surface area contributed by atoms with Gasteiger partial charge in [-0.05, 0) is 33.6 Å². The number of ether oxygens (including phenoxy) is 2. The van der Waals surface area contributed by atoms with Gasteiger partial charge in [0.2, 0.25) is 0 Å². The highest BCUT2D eigenvalue weighted by molar-refractivity contribution is 5.75. The van der Waals surface area contributed by atoms with Gasteiger partial charge in [-0.25, -0.2) is 4.79 Å². The zero-order chi connectivity index (χ0) is 12.2. The summed E-state index contributed by atoms with van der Waals surface area (Å²) in [6.45, 7) is 5.86. The second-order valence-corrected chi connectivity index (χ2v) is 4.87. The lowest BCUT2D eigenvalue weighted by Crippen LogP contribution is -2.34. The second kappa shape index (κ2) is 5.18. The van der Waals surface area contributed by atoms with Crippen molar-refractivity contribution < 1.29 is 19.1 Å². The van der Waals surface area contributed by atoms with E-state index in [-0.39, 0.29) is 25.0 Å². The quantitative estimate of drug-likeness (QED) is 0.585. The van der Waals surface area contributed by atoms with E-state index in [0.717, 1.165) is 12.8 Å². The monoisotopic (exact) mass is 229 g/mol. The molecule has 0 radical (unpaired) electrons. The first-order valence-corrected chi connectivity index (χ1v) is 5.52. The maximum Gasteiger partial charge on any atom is 0.407 e. The Morgan fingerprint density at radius 2 is 1.94 bits per heavy atom. The van der Waals surface area contributed by atoms with E-state index < -0.39 is 11.7 Å². The van der Waals surface area contributed by atoms with Crippen molar-refractivity contribution in [2.24, 2.45) is 5.92 Å². The highest BCUT2D eigenvalue weighted by atomic mass is 16.6. The molecule has 1 aliphatic rings. The highest BCUT2D eigenvalue weighted by Crippen LogP contribution is 2.29. The minimum Gasteiger partial charge on any atom is -0.464 e. The van der Waals surface area contributed by atoms with Crippen LogP contribution in [0.2, 0.25) is 0 Å². The van der Waals surface area contributed by atoms with Crippen LogP contribution in [0.5, 0.6) is 0 Å². The standard InChI is InChI=1S/C11H19NO4/c1-11(2,3)16-10(14)12-6-7-15-9(13)8-4-5-8/h8H,4-7H2,1-3H3,(H,12,14).